The molecule has 0 spiro atoms. The van der Waals surface area contributed by atoms with Gasteiger partial charge in [-0.1, -0.05) is 129 Å². The number of benzene rings is 1. The van der Waals surface area contributed by atoms with E-state index >= 15 is 0 Å². The van der Waals surface area contributed by atoms with E-state index in [0.717, 1.165) is 37.2 Å². The first-order valence-corrected chi connectivity index (χ1v) is 16.4. The Morgan fingerprint density at radius 3 is 1.83 bits per heavy atom. The van der Waals surface area contributed by atoms with E-state index in [0.29, 0.717) is 19.2 Å². The summed E-state index contributed by atoms with van der Waals surface area (Å²) in [5, 5.41) is 2.94. The highest BCUT2D eigenvalue weighted by Gasteiger charge is 2.19. The third kappa shape index (κ3) is 16.0. The molecule has 7 nitrogen and oxygen atoms in total. The van der Waals surface area contributed by atoms with Gasteiger partial charge in [0, 0.05) is 18.7 Å². The first-order chi connectivity index (χ1) is 20.2. The van der Waals surface area contributed by atoms with Gasteiger partial charge in [0.2, 0.25) is 5.96 Å². The maximum absolute atomic E-state index is 12.6. The van der Waals surface area contributed by atoms with Crippen LogP contribution in [0.15, 0.2) is 41.9 Å². The molecular formula is C34H57N3O4. The Morgan fingerprint density at radius 2 is 1.34 bits per heavy atom. The first kappa shape index (κ1) is 34.8. The molecule has 0 radical (unpaired) electrons. The van der Waals surface area contributed by atoms with Gasteiger partial charge in [-0.05, 0) is 25.0 Å². The molecule has 0 bridgehead atoms. The molecule has 232 valence electrons. The van der Waals surface area contributed by atoms with Crippen LogP contribution in [0.25, 0.3) is 0 Å². The summed E-state index contributed by atoms with van der Waals surface area (Å²) >= 11 is 0. The van der Waals surface area contributed by atoms with E-state index in [4.69, 9.17) is 19.2 Å². The standard InChI is InChI=1S/C34H57N3O4/c1-4-7-9-11-13-15-17-19-25-37(26-20-18-16-14-12-10-8-5-2)33(36-34(38)41-27-6-3)35-31-23-21-30(22-24-31)32-39-28-29-40-32/h6,21-24,32H,3-5,7-20,25-29H2,1-2H3,(H,35,36,38). The molecule has 1 aliphatic rings. The predicted molar refractivity (Wildman–Crippen MR) is 170 cm³/mol. The van der Waals surface area contributed by atoms with Gasteiger partial charge in [0.15, 0.2) is 6.29 Å². The molecule has 1 fully saturated rings. The number of nitrogens with zero attached hydrogens (tertiary/aromatic N) is 2. The fourth-order valence-corrected chi connectivity index (χ4v) is 5.02. The van der Waals surface area contributed by atoms with Crippen LogP contribution in [0.2, 0.25) is 0 Å². The zero-order valence-electron chi connectivity index (χ0n) is 26.0. The Bertz CT molecular complexity index is 817. The number of hydrogen-bond acceptors (Lipinski definition) is 5. The largest absolute Gasteiger partial charge is 0.445 e. The zero-order chi connectivity index (χ0) is 29.4. The van der Waals surface area contributed by atoms with Gasteiger partial charge in [-0.2, -0.15) is 0 Å². The lowest BCUT2D eigenvalue weighted by atomic mass is 10.1. The number of guanidine groups is 1. The lowest BCUT2D eigenvalue weighted by molar-refractivity contribution is -0.0441. The second kappa shape index (κ2) is 23.2. The quantitative estimate of drug-likeness (QED) is 0.0650. The van der Waals surface area contributed by atoms with Crippen molar-refractivity contribution in [3.8, 4) is 0 Å². The smallest absolute Gasteiger partial charge is 0.414 e. The molecule has 1 aromatic carbocycles. The van der Waals surface area contributed by atoms with Gasteiger partial charge in [0.25, 0.3) is 0 Å². The third-order valence-corrected chi connectivity index (χ3v) is 7.43. The number of hydrogen-bond donors (Lipinski definition) is 1. The molecule has 1 aromatic rings. The van der Waals surface area contributed by atoms with Gasteiger partial charge in [-0.3, -0.25) is 5.32 Å². The van der Waals surface area contributed by atoms with Gasteiger partial charge >= 0.3 is 6.09 Å². The van der Waals surface area contributed by atoms with Crippen LogP contribution < -0.4 is 5.32 Å². The molecular weight excluding hydrogens is 514 g/mol. The van der Waals surface area contributed by atoms with Crippen molar-refractivity contribution >= 4 is 17.7 Å². The monoisotopic (exact) mass is 571 g/mol. The molecule has 1 saturated heterocycles. The van der Waals surface area contributed by atoms with Crippen molar-refractivity contribution in [3.05, 3.63) is 42.5 Å². The molecule has 1 amide bonds. The fraction of sp³-hybridized carbons (Fsp3) is 0.706. The molecule has 0 atom stereocenters. The molecule has 1 aliphatic heterocycles. The number of rotatable bonds is 22. The van der Waals surface area contributed by atoms with Crippen molar-refractivity contribution in [1.29, 1.82) is 0 Å². The van der Waals surface area contributed by atoms with Crippen molar-refractivity contribution in [1.82, 2.24) is 10.2 Å². The first-order valence-electron chi connectivity index (χ1n) is 16.4. The highest BCUT2D eigenvalue weighted by molar-refractivity contribution is 5.95. The maximum atomic E-state index is 12.6. The molecule has 0 unspecified atom stereocenters. The van der Waals surface area contributed by atoms with Crippen LogP contribution in [0.5, 0.6) is 0 Å². The summed E-state index contributed by atoms with van der Waals surface area (Å²) < 4.78 is 16.5. The van der Waals surface area contributed by atoms with E-state index in [1.54, 1.807) is 6.08 Å². The summed E-state index contributed by atoms with van der Waals surface area (Å²) in [5.41, 5.74) is 1.73. The molecule has 41 heavy (non-hydrogen) atoms. The van der Waals surface area contributed by atoms with Gasteiger partial charge in [-0.25, -0.2) is 9.79 Å². The van der Waals surface area contributed by atoms with Gasteiger partial charge < -0.3 is 19.1 Å². The number of alkyl carbamates (subject to hydrolysis) is 1. The maximum Gasteiger partial charge on any atom is 0.414 e. The second-order valence-corrected chi connectivity index (χ2v) is 11.0. The molecule has 2 rings (SSSR count). The highest BCUT2D eigenvalue weighted by atomic mass is 16.7. The van der Waals surface area contributed by atoms with Gasteiger partial charge in [0.05, 0.1) is 18.9 Å². The number of carbonyl (C=O) groups is 1. The lowest BCUT2D eigenvalue weighted by Crippen LogP contribution is -2.45. The fourth-order valence-electron chi connectivity index (χ4n) is 5.02. The molecule has 0 saturated carbocycles. The van der Waals surface area contributed by atoms with Crippen LogP contribution in [-0.4, -0.2) is 49.9 Å². The van der Waals surface area contributed by atoms with Crippen LogP contribution >= 0.6 is 0 Å². The minimum Gasteiger partial charge on any atom is -0.445 e. The third-order valence-electron chi connectivity index (χ3n) is 7.43. The Hall–Kier alpha value is -2.38. The number of aliphatic imine (C=N–C) groups is 1. The number of nitrogens with one attached hydrogen (secondary N) is 1. The normalized spacial score (nSPS) is 13.9. The summed E-state index contributed by atoms with van der Waals surface area (Å²) in [4.78, 5) is 19.7. The van der Waals surface area contributed by atoms with E-state index in [2.05, 4.69) is 30.6 Å². The number of amides is 1. The lowest BCUT2D eigenvalue weighted by Gasteiger charge is -2.26. The average Bonchev–Trinajstić information content (AvgIpc) is 3.53. The highest BCUT2D eigenvalue weighted by Crippen LogP contribution is 2.25. The van der Waals surface area contributed by atoms with Crippen molar-refractivity contribution in [3.63, 3.8) is 0 Å². The second-order valence-electron chi connectivity index (χ2n) is 11.0. The van der Waals surface area contributed by atoms with E-state index in [-0.39, 0.29) is 12.9 Å². The summed E-state index contributed by atoms with van der Waals surface area (Å²) in [5.74, 6) is 0.547. The Kier molecular flexibility index (Phi) is 19.7. The van der Waals surface area contributed by atoms with Crippen LogP contribution in [0.1, 0.15) is 128 Å². The SMILES string of the molecule is C=CCOC(=O)N/C(=N/c1ccc(C2OCCO2)cc1)N(CCCCCCCCCC)CCCCCCCCCC. The summed E-state index contributed by atoms with van der Waals surface area (Å²) in [6.45, 7) is 11.3. The minimum absolute atomic E-state index is 0.158. The zero-order valence-corrected chi connectivity index (χ0v) is 26.0. The Labute approximate surface area is 250 Å². The Morgan fingerprint density at radius 1 is 0.854 bits per heavy atom. The average molecular weight is 572 g/mol. The summed E-state index contributed by atoms with van der Waals surface area (Å²) in [7, 11) is 0. The number of ether oxygens (including phenoxy) is 3. The van der Waals surface area contributed by atoms with E-state index in [1.165, 1.54) is 89.9 Å². The molecule has 1 heterocycles. The Balaban J connectivity index is 2.06. The van der Waals surface area contributed by atoms with E-state index in [9.17, 15) is 4.79 Å². The van der Waals surface area contributed by atoms with Crippen molar-refractivity contribution in [2.45, 2.75) is 123 Å². The van der Waals surface area contributed by atoms with Crippen LogP contribution in [0.3, 0.4) is 0 Å². The number of carbonyl (C=O) groups excluding carboxylic acids is 1. The minimum atomic E-state index is -0.509. The van der Waals surface area contributed by atoms with Gasteiger partial charge in [-0.15, -0.1) is 0 Å². The van der Waals surface area contributed by atoms with Crippen molar-refractivity contribution < 1.29 is 19.0 Å². The van der Waals surface area contributed by atoms with Crippen molar-refractivity contribution in [2.24, 2.45) is 4.99 Å². The van der Waals surface area contributed by atoms with Crippen LogP contribution in [0.4, 0.5) is 10.5 Å². The molecule has 1 N–H and O–H groups in total. The predicted octanol–water partition coefficient (Wildman–Crippen LogP) is 9.22. The summed E-state index contributed by atoms with van der Waals surface area (Å²) in [6, 6.07) is 7.84. The van der Waals surface area contributed by atoms with Crippen molar-refractivity contribution in [2.75, 3.05) is 32.9 Å². The van der Waals surface area contributed by atoms with Crippen LogP contribution in [-0.2, 0) is 14.2 Å². The van der Waals surface area contributed by atoms with Crippen LogP contribution in [0, 0.1) is 0 Å². The van der Waals surface area contributed by atoms with Gasteiger partial charge in [0.1, 0.15) is 6.61 Å². The molecule has 0 aromatic heterocycles. The molecule has 0 aliphatic carbocycles. The van der Waals surface area contributed by atoms with E-state index < -0.39 is 6.09 Å². The summed E-state index contributed by atoms with van der Waals surface area (Å²) in [6.07, 6.45) is 20.9. The van der Waals surface area contributed by atoms with E-state index in [1.807, 2.05) is 24.3 Å². The molecule has 7 heteroatoms. The topological polar surface area (TPSA) is 72.4 Å². The number of unbranched alkanes of at least 4 members (excludes halogenated alkanes) is 14.